The van der Waals surface area contributed by atoms with E-state index < -0.39 is 11.9 Å². The van der Waals surface area contributed by atoms with Crippen LogP contribution in [0.4, 0.5) is 19.0 Å². The van der Waals surface area contributed by atoms with Crippen molar-refractivity contribution < 1.29 is 13.2 Å². The van der Waals surface area contributed by atoms with Crippen LogP contribution in [-0.2, 0) is 6.18 Å². The monoisotopic (exact) mass is 259 g/mol. The SMILES string of the molecule is CC1CCCC1CNc1ccc(C(F)(F)F)nn1. The molecule has 0 aliphatic heterocycles. The van der Waals surface area contributed by atoms with Crippen molar-refractivity contribution in [3.8, 4) is 0 Å². The van der Waals surface area contributed by atoms with Gasteiger partial charge in [0.2, 0.25) is 0 Å². The van der Waals surface area contributed by atoms with E-state index in [0.717, 1.165) is 12.6 Å². The first-order valence-corrected chi connectivity index (χ1v) is 6.11. The lowest BCUT2D eigenvalue weighted by Gasteiger charge is -2.16. The third-order valence-corrected chi connectivity index (χ3v) is 3.54. The Labute approximate surface area is 104 Å². The van der Waals surface area contributed by atoms with E-state index in [2.05, 4.69) is 22.4 Å². The summed E-state index contributed by atoms with van der Waals surface area (Å²) in [6.45, 7) is 2.96. The van der Waals surface area contributed by atoms with Crippen LogP contribution in [0.2, 0.25) is 0 Å². The number of halogens is 3. The quantitative estimate of drug-likeness (QED) is 0.904. The Kier molecular flexibility index (Phi) is 3.73. The number of hydrogen-bond acceptors (Lipinski definition) is 3. The van der Waals surface area contributed by atoms with E-state index in [1.165, 1.54) is 25.3 Å². The molecule has 1 aromatic heterocycles. The molecule has 2 atom stereocenters. The molecule has 3 nitrogen and oxygen atoms in total. The predicted octanol–water partition coefficient (Wildman–Crippen LogP) is 3.34. The van der Waals surface area contributed by atoms with Gasteiger partial charge in [-0.1, -0.05) is 19.8 Å². The van der Waals surface area contributed by atoms with E-state index in [9.17, 15) is 13.2 Å². The number of nitrogens with zero attached hydrogens (tertiary/aromatic N) is 2. The van der Waals surface area contributed by atoms with Crippen molar-refractivity contribution in [2.24, 2.45) is 11.8 Å². The Morgan fingerprint density at radius 3 is 2.56 bits per heavy atom. The number of rotatable bonds is 3. The molecular formula is C12H16F3N3. The summed E-state index contributed by atoms with van der Waals surface area (Å²) in [5.74, 6) is 1.65. The van der Waals surface area contributed by atoms with Crippen molar-refractivity contribution in [1.82, 2.24) is 10.2 Å². The van der Waals surface area contributed by atoms with Crippen LogP contribution >= 0.6 is 0 Å². The zero-order valence-corrected chi connectivity index (χ0v) is 10.2. The van der Waals surface area contributed by atoms with Crippen LogP contribution in [0.5, 0.6) is 0 Å². The van der Waals surface area contributed by atoms with E-state index in [4.69, 9.17) is 0 Å². The number of hydrogen-bond donors (Lipinski definition) is 1. The van der Waals surface area contributed by atoms with Crippen molar-refractivity contribution in [1.29, 1.82) is 0 Å². The highest BCUT2D eigenvalue weighted by atomic mass is 19.4. The highest BCUT2D eigenvalue weighted by Crippen LogP contribution is 2.31. The Morgan fingerprint density at radius 1 is 1.28 bits per heavy atom. The fraction of sp³-hybridized carbons (Fsp3) is 0.667. The number of alkyl halides is 3. The minimum atomic E-state index is -4.43. The van der Waals surface area contributed by atoms with Crippen LogP contribution < -0.4 is 5.32 Å². The molecule has 0 spiro atoms. The van der Waals surface area contributed by atoms with Gasteiger partial charge < -0.3 is 5.32 Å². The number of anilines is 1. The molecule has 1 fully saturated rings. The van der Waals surface area contributed by atoms with Crippen molar-refractivity contribution in [2.45, 2.75) is 32.4 Å². The van der Waals surface area contributed by atoms with Gasteiger partial charge in [0.1, 0.15) is 5.82 Å². The normalized spacial score (nSPS) is 24.2. The minimum absolute atomic E-state index is 0.405. The molecule has 1 N–H and O–H groups in total. The zero-order chi connectivity index (χ0) is 13.2. The molecule has 1 aromatic rings. The standard InChI is InChI=1S/C12H16F3N3/c1-8-3-2-4-9(8)7-16-11-6-5-10(17-18-11)12(13,14)15/h5-6,8-9H,2-4,7H2,1H3,(H,16,18). The summed E-state index contributed by atoms with van der Waals surface area (Å²) in [5.41, 5.74) is -0.956. The lowest BCUT2D eigenvalue weighted by atomic mass is 9.98. The second kappa shape index (κ2) is 5.12. The molecule has 1 aliphatic rings. The zero-order valence-electron chi connectivity index (χ0n) is 10.2. The van der Waals surface area contributed by atoms with E-state index in [1.807, 2.05) is 0 Å². The maximum absolute atomic E-state index is 12.3. The van der Waals surface area contributed by atoms with E-state index in [1.54, 1.807) is 0 Å². The molecule has 6 heteroatoms. The second-order valence-electron chi connectivity index (χ2n) is 4.85. The molecule has 1 heterocycles. The van der Waals surface area contributed by atoms with Gasteiger partial charge in [0, 0.05) is 6.54 Å². The van der Waals surface area contributed by atoms with Crippen LogP contribution in [0.25, 0.3) is 0 Å². The predicted molar refractivity (Wildman–Crippen MR) is 62.0 cm³/mol. The van der Waals surface area contributed by atoms with Crippen molar-refractivity contribution >= 4 is 5.82 Å². The maximum Gasteiger partial charge on any atom is 0.435 e. The minimum Gasteiger partial charge on any atom is -0.368 e. The van der Waals surface area contributed by atoms with Crippen LogP contribution in [0.1, 0.15) is 31.9 Å². The molecular weight excluding hydrogens is 243 g/mol. The van der Waals surface area contributed by atoms with Gasteiger partial charge in [0.15, 0.2) is 5.69 Å². The van der Waals surface area contributed by atoms with Gasteiger partial charge >= 0.3 is 6.18 Å². The fourth-order valence-electron chi connectivity index (χ4n) is 2.34. The molecule has 0 aromatic carbocycles. The third kappa shape index (κ3) is 3.11. The maximum atomic E-state index is 12.3. The summed E-state index contributed by atoms with van der Waals surface area (Å²) >= 11 is 0. The number of aromatic nitrogens is 2. The second-order valence-corrected chi connectivity index (χ2v) is 4.85. The third-order valence-electron chi connectivity index (χ3n) is 3.54. The summed E-state index contributed by atoms with van der Waals surface area (Å²) in [4.78, 5) is 0. The number of nitrogens with one attached hydrogen (secondary N) is 1. The molecule has 2 rings (SSSR count). The molecule has 0 amide bonds. The van der Waals surface area contributed by atoms with Gasteiger partial charge in [0.05, 0.1) is 0 Å². The van der Waals surface area contributed by atoms with Crippen molar-refractivity contribution in [3.63, 3.8) is 0 Å². The Morgan fingerprint density at radius 2 is 2.06 bits per heavy atom. The van der Waals surface area contributed by atoms with Gasteiger partial charge in [-0.05, 0) is 30.4 Å². The summed E-state index contributed by atoms with van der Waals surface area (Å²) in [7, 11) is 0. The Balaban J connectivity index is 1.90. The van der Waals surface area contributed by atoms with Gasteiger partial charge in [0.25, 0.3) is 0 Å². The molecule has 0 saturated heterocycles. The Hall–Kier alpha value is -1.33. The topological polar surface area (TPSA) is 37.8 Å². The molecule has 2 unspecified atom stereocenters. The molecule has 1 saturated carbocycles. The molecule has 100 valence electrons. The summed E-state index contributed by atoms with van der Waals surface area (Å²) in [6, 6.07) is 2.28. The van der Waals surface area contributed by atoms with E-state index in [0.29, 0.717) is 17.7 Å². The van der Waals surface area contributed by atoms with Crippen LogP contribution in [0.15, 0.2) is 12.1 Å². The van der Waals surface area contributed by atoms with Gasteiger partial charge in [-0.3, -0.25) is 0 Å². The van der Waals surface area contributed by atoms with Crippen molar-refractivity contribution in [2.75, 3.05) is 11.9 Å². The highest BCUT2D eigenvalue weighted by molar-refractivity contribution is 5.33. The highest BCUT2D eigenvalue weighted by Gasteiger charge is 2.32. The van der Waals surface area contributed by atoms with Crippen LogP contribution in [-0.4, -0.2) is 16.7 Å². The van der Waals surface area contributed by atoms with Crippen molar-refractivity contribution in [3.05, 3.63) is 17.8 Å². The van der Waals surface area contributed by atoms with E-state index >= 15 is 0 Å². The van der Waals surface area contributed by atoms with Crippen LogP contribution in [0, 0.1) is 11.8 Å². The lowest BCUT2D eigenvalue weighted by molar-refractivity contribution is -0.141. The van der Waals surface area contributed by atoms with Crippen LogP contribution in [0.3, 0.4) is 0 Å². The average molecular weight is 259 g/mol. The van der Waals surface area contributed by atoms with E-state index in [-0.39, 0.29) is 0 Å². The summed E-state index contributed by atoms with van der Waals surface area (Å²) < 4.78 is 36.8. The molecule has 0 bridgehead atoms. The average Bonchev–Trinajstić information content (AvgIpc) is 2.72. The largest absolute Gasteiger partial charge is 0.435 e. The first kappa shape index (κ1) is 13.1. The molecule has 1 aliphatic carbocycles. The summed E-state index contributed by atoms with van der Waals surface area (Å²) in [5, 5.41) is 9.78. The molecule has 0 radical (unpaired) electrons. The summed E-state index contributed by atoms with van der Waals surface area (Å²) in [6.07, 6.45) is -0.801. The first-order valence-electron chi connectivity index (χ1n) is 6.11. The fourth-order valence-corrected chi connectivity index (χ4v) is 2.34. The molecule has 18 heavy (non-hydrogen) atoms. The Bertz CT molecular complexity index is 389. The lowest BCUT2D eigenvalue weighted by Crippen LogP contribution is -2.18. The first-order chi connectivity index (χ1) is 8.47. The van der Waals surface area contributed by atoms with Gasteiger partial charge in [-0.25, -0.2) is 0 Å². The van der Waals surface area contributed by atoms with Gasteiger partial charge in [-0.2, -0.15) is 13.2 Å². The smallest absolute Gasteiger partial charge is 0.368 e. The van der Waals surface area contributed by atoms with Gasteiger partial charge in [-0.15, -0.1) is 10.2 Å².